The van der Waals surface area contributed by atoms with Crippen LogP contribution in [-0.4, -0.2) is 19.3 Å². The average molecular weight is 211 g/mol. The predicted molar refractivity (Wildman–Crippen MR) is 61.0 cm³/mol. The van der Waals surface area contributed by atoms with E-state index in [2.05, 4.69) is 33.0 Å². The van der Waals surface area contributed by atoms with Crippen molar-refractivity contribution in [2.24, 2.45) is 0 Å². The molecule has 0 aliphatic heterocycles. The molecule has 0 bridgehead atoms. The molecular weight excluding hydrogens is 190 g/mol. The first-order valence-electron chi connectivity index (χ1n) is 5.27. The molecule has 0 amide bonds. The van der Waals surface area contributed by atoms with E-state index in [0.717, 1.165) is 5.76 Å². The molecule has 15 heavy (non-hydrogen) atoms. The van der Waals surface area contributed by atoms with Crippen LogP contribution in [-0.2, 0) is 4.74 Å². The zero-order chi connectivity index (χ0) is 11.5. The summed E-state index contributed by atoms with van der Waals surface area (Å²) in [6.07, 6.45) is 1.73. The Morgan fingerprint density at radius 2 is 2.20 bits per heavy atom. The summed E-state index contributed by atoms with van der Waals surface area (Å²) in [7, 11) is 1.71. The number of methoxy groups -OCH3 is 1. The molecule has 1 unspecified atom stereocenters. The quantitative estimate of drug-likeness (QED) is 0.813. The zero-order valence-corrected chi connectivity index (χ0v) is 10.3. The van der Waals surface area contributed by atoms with Crippen LogP contribution in [0.2, 0.25) is 0 Å². The van der Waals surface area contributed by atoms with Crippen molar-refractivity contribution in [1.82, 2.24) is 5.32 Å². The Bertz CT molecular complexity index is 304. The fraction of sp³-hybridized carbons (Fsp3) is 0.667. The summed E-state index contributed by atoms with van der Waals surface area (Å²) >= 11 is 0. The van der Waals surface area contributed by atoms with Crippen LogP contribution in [0.25, 0.3) is 0 Å². The second kappa shape index (κ2) is 4.81. The van der Waals surface area contributed by atoms with Crippen molar-refractivity contribution in [1.29, 1.82) is 0 Å². The molecule has 1 rings (SSSR count). The van der Waals surface area contributed by atoms with E-state index in [1.54, 1.807) is 13.4 Å². The van der Waals surface area contributed by atoms with Crippen molar-refractivity contribution < 1.29 is 9.15 Å². The third-order valence-electron chi connectivity index (χ3n) is 2.41. The van der Waals surface area contributed by atoms with Crippen molar-refractivity contribution in [3.8, 4) is 0 Å². The molecule has 0 aliphatic rings. The van der Waals surface area contributed by atoms with Crippen LogP contribution in [0.3, 0.4) is 0 Å². The number of aryl methyl sites for hydroxylation is 1. The molecule has 1 atom stereocenters. The molecule has 3 heteroatoms. The summed E-state index contributed by atoms with van der Waals surface area (Å²) in [5.41, 5.74) is 1.14. The van der Waals surface area contributed by atoms with Gasteiger partial charge < -0.3 is 14.5 Å². The van der Waals surface area contributed by atoms with Crippen LogP contribution >= 0.6 is 0 Å². The van der Waals surface area contributed by atoms with Crippen LogP contribution in [0.4, 0.5) is 0 Å². The van der Waals surface area contributed by atoms with Crippen LogP contribution in [0.15, 0.2) is 16.7 Å². The predicted octanol–water partition coefficient (Wildman–Crippen LogP) is 2.66. The summed E-state index contributed by atoms with van der Waals surface area (Å²) in [6, 6.07) is 2.18. The highest BCUT2D eigenvalue weighted by molar-refractivity contribution is 5.17. The molecule has 3 nitrogen and oxygen atoms in total. The van der Waals surface area contributed by atoms with Crippen molar-refractivity contribution >= 4 is 0 Å². The van der Waals surface area contributed by atoms with Gasteiger partial charge in [-0.3, -0.25) is 0 Å². The van der Waals surface area contributed by atoms with Gasteiger partial charge in [-0.2, -0.15) is 0 Å². The van der Waals surface area contributed by atoms with Crippen molar-refractivity contribution in [2.45, 2.75) is 39.3 Å². The monoisotopic (exact) mass is 211 g/mol. The highest BCUT2D eigenvalue weighted by Crippen LogP contribution is 2.20. The van der Waals surface area contributed by atoms with Crippen molar-refractivity contribution in [3.05, 3.63) is 23.7 Å². The first-order valence-corrected chi connectivity index (χ1v) is 5.27. The van der Waals surface area contributed by atoms with Gasteiger partial charge in [0.05, 0.1) is 18.9 Å². The average Bonchev–Trinajstić information content (AvgIpc) is 2.50. The Labute approximate surface area is 91.8 Å². The SMILES string of the molecule is COCC(C)(C)NC(C)c1occc1C. The van der Waals surface area contributed by atoms with Gasteiger partial charge >= 0.3 is 0 Å². The number of rotatable bonds is 5. The van der Waals surface area contributed by atoms with E-state index in [9.17, 15) is 0 Å². The lowest BCUT2D eigenvalue weighted by Crippen LogP contribution is -2.44. The third kappa shape index (κ3) is 3.36. The van der Waals surface area contributed by atoms with Crippen molar-refractivity contribution in [2.75, 3.05) is 13.7 Å². The third-order valence-corrected chi connectivity index (χ3v) is 2.41. The maximum atomic E-state index is 5.45. The van der Waals surface area contributed by atoms with Crippen LogP contribution in [0.5, 0.6) is 0 Å². The van der Waals surface area contributed by atoms with Crippen LogP contribution in [0, 0.1) is 6.92 Å². The van der Waals surface area contributed by atoms with E-state index < -0.39 is 0 Å². The van der Waals surface area contributed by atoms with E-state index in [1.165, 1.54) is 5.56 Å². The van der Waals surface area contributed by atoms with Gasteiger partial charge in [0.25, 0.3) is 0 Å². The molecule has 0 aromatic carbocycles. The Morgan fingerprint density at radius 1 is 1.53 bits per heavy atom. The lowest BCUT2D eigenvalue weighted by molar-refractivity contribution is 0.119. The second-order valence-corrected chi connectivity index (χ2v) is 4.65. The molecule has 0 radical (unpaired) electrons. The highest BCUT2D eigenvalue weighted by atomic mass is 16.5. The largest absolute Gasteiger partial charge is 0.467 e. The van der Waals surface area contributed by atoms with E-state index in [4.69, 9.17) is 9.15 Å². The fourth-order valence-corrected chi connectivity index (χ4v) is 1.88. The second-order valence-electron chi connectivity index (χ2n) is 4.65. The van der Waals surface area contributed by atoms with E-state index in [-0.39, 0.29) is 11.6 Å². The fourth-order valence-electron chi connectivity index (χ4n) is 1.88. The summed E-state index contributed by atoms with van der Waals surface area (Å²) in [5, 5.41) is 3.48. The standard InChI is InChI=1S/C12H21NO2/c1-9-6-7-15-11(9)10(2)13-12(3,4)8-14-5/h6-7,10,13H,8H2,1-5H3. The first-order chi connectivity index (χ1) is 6.96. The Balaban J connectivity index is 2.63. The smallest absolute Gasteiger partial charge is 0.123 e. The van der Waals surface area contributed by atoms with E-state index in [1.807, 2.05) is 6.07 Å². The minimum atomic E-state index is -0.0482. The molecule has 1 N–H and O–H groups in total. The topological polar surface area (TPSA) is 34.4 Å². The van der Waals surface area contributed by atoms with E-state index in [0.29, 0.717) is 6.61 Å². The Kier molecular flexibility index (Phi) is 3.94. The van der Waals surface area contributed by atoms with Crippen LogP contribution in [0.1, 0.15) is 38.1 Å². The lowest BCUT2D eigenvalue weighted by atomic mass is 10.0. The molecule has 0 saturated heterocycles. The van der Waals surface area contributed by atoms with E-state index >= 15 is 0 Å². The molecular formula is C12H21NO2. The molecule has 0 saturated carbocycles. The summed E-state index contributed by atoms with van der Waals surface area (Å²) in [5.74, 6) is 0.999. The minimum absolute atomic E-state index is 0.0482. The molecule has 0 fully saturated rings. The summed E-state index contributed by atoms with van der Waals surface area (Å²) in [4.78, 5) is 0. The van der Waals surface area contributed by atoms with Gasteiger partial charge in [-0.1, -0.05) is 0 Å². The molecule has 0 aliphatic carbocycles. The maximum Gasteiger partial charge on any atom is 0.123 e. The minimum Gasteiger partial charge on any atom is -0.467 e. The lowest BCUT2D eigenvalue weighted by Gasteiger charge is -2.29. The number of hydrogen-bond acceptors (Lipinski definition) is 3. The van der Waals surface area contributed by atoms with Crippen LogP contribution < -0.4 is 5.32 Å². The number of ether oxygens (including phenoxy) is 1. The molecule has 1 heterocycles. The number of nitrogens with one attached hydrogen (secondary N) is 1. The molecule has 0 spiro atoms. The van der Waals surface area contributed by atoms with Gasteiger partial charge in [0, 0.05) is 12.6 Å². The molecule has 86 valence electrons. The first kappa shape index (κ1) is 12.3. The summed E-state index contributed by atoms with van der Waals surface area (Å²) in [6.45, 7) is 9.07. The van der Waals surface area contributed by atoms with Gasteiger partial charge in [-0.15, -0.1) is 0 Å². The van der Waals surface area contributed by atoms with Gasteiger partial charge in [-0.05, 0) is 39.3 Å². The number of hydrogen-bond donors (Lipinski definition) is 1. The molecule has 1 aromatic rings. The highest BCUT2D eigenvalue weighted by Gasteiger charge is 2.22. The van der Waals surface area contributed by atoms with Gasteiger partial charge in [-0.25, -0.2) is 0 Å². The van der Waals surface area contributed by atoms with Gasteiger partial charge in [0.2, 0.25) is 0 Å². The Hall–Kier alpha value is -0.800. The number of furan rings is 1. The van der Waals surface area contributed by atoms with Gasteiger partial charge in [0.15, 0.2) is 0 Å². The van der Waals surface area contributed by atoms with Crippen molar-refractivity contribution in [3.63, 3.8) is 0 Å². The van der Waals surface area contributed by atoms with Gasteiger partial charge in [0.1, 0.15) is 5.76 Å². The molecule has 1 aromatic heterocycles. The maximum absolute atomic E-state index is 5.45. The zero-order valence-electron chi connectivity index (χ0n) is 10.3. The Morgan fingerprint density at radius 3 is 2.67 bits per heavy atom. The normalized spacial score (nSPS) is 14.2. The summed E-state index contributed by atoms with van der Waals surface area (Å²) < 4.78 is 10.6.